The molecular formula is C29H35ClN4O3. The first-order chi connectivity index (χ1) is 17.3. The minimum Gasteiger partial charge on any atom is -0.457 e. The molecule has 1 heterocycles. The molecule has 8 heteroatoms. The van der Waals surface area contributed by atoms with E-state index in [1.54, 1.807) is 25.4 Å². The number of hydrogen-bond acceptors (Lipinski definition) is 6. The number of terminal acetylenes is 1. The minimum atomic E-state index is -0.438. The number of hydrogen-bond donors (Lipinski definition) is 0. The van der Waals surface area contributed by atoms with Crippen molar-refractivity contribution in [1.82, 2.24) is 9.88 Å². The normalized spacial score (nSPS) is 21.7. The minimum absolute atomic E-state index is 0.00385. The van der Waals surface area contributed by atoms with Crippen LogP contribution in [-0.2, 0) is 20.9 Å². The molecule has 0 radical (unpaired) electrons. The zero-order valence-electron chi connectivity index (χ0n) is 22.6. The lowest BCUT2D eigenvalue weighted by atomic mass is 10.1. The molecular weight excluding hydrogens is 488 g/mol. The molecule has 0 saturated heterocycles. The van der Waals surface area contributed by atoms with Gasteiger partial charge < -0.3 is 9.64 Å². The Morgan fingerprint density at radius 1 is 1.38 bits per heavy atom. The first kappa shape index (κ1) is 29.8. The molecule has 0 bridgehead atoms. The van der Waals surface area contributed by atoms with Crippen molar-refractivity contribution in [2.24, 2.45) is 22.2 Å². The van der Waals surface area contributed by atoms with Crippen molar-refractivity contribution in [3.63, 3.8) is 0 Å². The molecule has 2 aliphatic carbocycles. The van der Waals surface area contributed by atoms with Gasteiger partial charge in [-0.15, -0.1) is 12.3 Å². The summed E-state index contributed by atoms with van der Waals surface area (Å²) in [6, 6.07) is 3.63. The van der Waals surface area contributed by atoms with Gasteiger partial charge in [-0.1, -0.05) is 43.2 Å². The molecule has 0 aromatic carbocycles. The molecule has 0 amide bonds. The van der Waals surface area contributed by atoms with Gasteiger partial charge in [0.15, 0.2) is 5.78 Å². The Hall–Kier alpha value is -3.42. The number of allylic oxidation sites excluding steroid dienone is 3. The number of carbonyl (C=O) groups excluding carboxylic acids is 2. The molecule has 3 rings (SSSR count). The fourth-order valence-corrected chi connectivity index (χ4v) is 4.50. The van der Waals surface area contributed by atoms with Crippen LogP contribution in [0.3, 0.4) is 0 Å². The molecule has 1 fully saturated rings. The molecule has 196 valence electrons. The second-order valence-electron chi connectivity index (χ2n) is 10.3. The number of ether oxygens (including phenoxy) is 1. The van der Waals surface area contributed by atoms with E-state index < -0.39 is 6.10 Å². The van der Waals surface area contributed by atoms with Gasteiger partial charge in [0.1, 0.15) is 17.1 Å². The van der Waals surface area contributed by atoms with E-state index in [1.807, 2.05) is 38.8 Å². The molecule has 1 saturated carbocycles. The number of nitrogens with zero attached hydrogens (tertiary/aromatic N) is 4. The molecule has 7 nitrogen and oxygen atoms in total. The van der Waals surface area contributed by atoms with E-state index >= 15 is 0 Å². The summed E-state index contributed by atoms with van der Waals surface area (Å²) in [4.78, 5) is 33.9. The lowest BCUT2D eigenvalue weighted by Gasteiger charge is -2.17. The third-order valence-corrected chi connectivity index (χ3v) is 7.08. The standard InChI is InChI=1S/C19H24O3.C10H11ClN4/c1-7-8-13-12(4)16(10-15(13)20)22-18(21)17-14(9-11(2)3)19(17,5)6;1-8(14-7-12)15(2)6-9-3-4-10(11)13-5-9/h1,9,14,16-17H,8,10H2,2-6H3;3-5H,6H2,1-2H3/b;14-8+/t14?,16-,17?;/m0./s1. The number of aromatic nitrogens is 1. The molecule has 3 atom stereocenters. The first-order valence-electron chi connectivity index (χ1n) is 12.1. The Bertz CT molecular complexity index is 1190. The van der Waals surface area contributed by atoms with Crippen LogP contribution < -0.4 is 0 Å². The van der Waals surface area contributed by atoms with E-state index in [2.05, 4.69) is 35.8 Å². The number of ketones is 1. The third-order valence-electron chi connectivity index (χ3n) is 6.85. The van der Waals surface area contributed by atoms with E-state index in [4.69, 9.17) is 28.0 Å². The lowest BCUT2D eigenvalue weighted by molar-refractivity contribution is -0.150. The molecule has 0 aliphatic heterocycles. The Labute approximate surface area is 225 Å². The van der Waals surface area contributed by atoms with Gasteiger partial charge in [0, 0.05) is 31.8 Å². The van der Waals surface area contributed by atoms with Crippen LogP contribution in [0.25, 0.3) is 0 Å². The smallest absolute Gasteiger partial charge is 0.310 e. The molecule has 0 spiro atoms. The Morgan fingerprint density at radius 2 is 2.05 bits per heavy atom. The van der Waals surface area contributed by atoms with Crippen LogP contribution in [0.5, 0.6) is 0 Å². The fourth-order valence-electron chi connectivity index (χ4n) is 4.39. The zero-order chi connectivity index (χ0) is 27.9. The summed E-state index contributed by atoms with van der Waals surface area (Å²) in [7, 11) is 1.87. The van der Waals surface area contributed by atoms with Gasteiger partial charge in [0.2, 0.25) is 6.19 Å². The summed E-state index contributed by atoms with van der Waals surface area (Å²) in [5, 5.41) is 8.87. The van der Waals surface area contributed by atoms with E-state index in [-0.39, 0.29) is 35.4 Å². The molecule has 37 heavy (non-hydrogen) atoms. The summed E-state index contributed by atoms with van der Waals surface area (Å²) in [5.74, 6) is 3.07. The number of amidine groups is 1. The Kier molecular flexibility index (Phi) is 10.2. The van der Waals surface area contributed by atoms with Crippen LogP contribution in [-0.4, -0.2) is 40.6 Å². The highest BCUT2D eigenvalue weighted by molar-refractivity contribution is 6.29. The monoisotopic (exact) mass is 522 g/mol. The largest absolute Gasteiger partial charge is 0.457 e. The zero-order valence-corrected chi connectivity index (χ0v) is 23.4. The van der Waals surface area contributed by atoms with Crippen LogP contribution in [0.1, 0.15) is 59.9 Å². The van der Waals surface area contributed by atoms with Crippen molar-refractivity contribution in [2.45, 2.75) is 67.0 Å². The van der Waals surface area contributed by atoms with Crippen molar-refractivity contribution in [1.29, 1.82) is 5.26 Å². The number of aliphatic imine (C=N–C) groups is 1. The summed E-state index contributed by atoms with van der Waals surface area (Å²) in [6.07, 6.45) is 11.0. The van der Waals surface area contributed by atoms with Crippen molar-refractivity contribution in [3.05, 3.63) is 51.8 Å². The van der Waals surface area contributed by atoms with E-state index in [9.17, 15) is 9.59 Å². The van der Waals surface area contributed by atoms with Gasteiger partial charge in [-0.25, -0.2) is 4.98 Å². The number of nitriles is 1. The van der Waals surface area contributed by atoms with Gasteiger partial charge in [-0.2, -0.15) is 10.3 Å². The predicted molar refractivity (Wildman–Crippen MR) is 145 cm³/mol. The molecule has 1 aromatic heterocycles. The number of halogens is 1. The van der Waals surface area contributed by atoms with Gasteiger partial charge >= 0.3 is 5.97 Å². The van der Waals surface area contributed by atoms with Gasteiger partial charge in [-0.05, 0) is 56.2 Å². The van der Waals surface area contributed by atoms with Crippen LogP contribution in [0.2, 0.25) is 5.15 Å². The first-order valence-corrected chi connectivity index (χ1v) is 12.5. The van der Waals surface area contributed by atoms with Crippen LogP contribution in [0.15, 0.2) is 46.1 Å². The number of esters is 1. The van der Waals surface area contributed by atoms with Crippen LogP contribution >= 0.6 is 11.6 Å². The Balaban J connectivity index is 0.000000281. The average molecular weight is 523 g/mol. The highest BCUT2D eigenvalue weighted by Crippen LogP contribution is 2.60. The van der Waals surface area contributed by atoms with Gasteiger partial charge in [0.25, 0.3) is 0 Å². The summed E-state index contributed by atoms with van der Waals surface area (Å²) in [6.45, 7) is 12.5. The fraction of sp³-hybridized carbons (Fsp3) is 0.483. The number of pyridine rings is 1. The van der Waals surface area contributed by atoms with Gasteiger partial charge in [0.05, 0.1) is 12.3 Å². The highest BCUT2D eigenvalue weighted by atomic mass is 35.5. The van der Waals surface area contributed by atoms with Crippen molar-refractivity contribution >= 4 is 29.2 Å². The molecule has 0 N–H and O–H groups in total. The van der Waals surface area contributed by atoms with E-state index in [0.29, 0.717) is 29.5 Å². The maximum atomic E-state index is 12.5. The Morgan fingerprint density at radius 3 is 2.59 bits per heavy atom. The number of rotatable bonds is 6. The lowest BCUT2D eigenvalue weighted by Crippen LogP contribution is -2.23. The van der Waals surface area contributed by atoms with Crippen molar-refractivity contribution < 1.29 is 14.3 Å². The maximum absolute atomic E-state index is 12.5. The average Bonchev–Trinajstić information content (AvgIpc) is 3.25. The number of Topliss-reactive ketones (excluding diaryl/α,β-unsaturated/α-hetero) is 1. The molecule has 2 aliphatic rings. The van der Waals surface area contributed by atoms with Crippen molar-refractivity contribution in [3.8, 4) is 18.5 Å². The quantitative estimate of drug-likeness (QED) is 0.0928. The summed E-state index contributed by atoms with van der Waals surface area (Å²) in [5.41, 5.74) is 3.60. The second-order valence-corrected chi connectivity index (χ2v) is 10.7. The highest BCUT2D eigenvalue weighted by Gasteiger charge is 2.61. The van der Waals surface area contributed by atoms with Crippen LogP contribution in [0, 0.1) is 41.0 Å². The topological polar surface area (TPSA) is 95.7 Å². The number of carbonyl (C=O) groups is 2. The van der Waals surface area contributed by atoms with E-state index in [1.165, 1.54) is 5.57 Å². The maximum Gasteiger partial charge on any atom is 0.310 e. The second kappa shape index (κ2) is 12.7. The summed E-state index contributed by atoms with van der Waals surface area (Å²) < 4.78 is 5.63. The van der Waals surface area contributed by atoms with Gasteiger partial charge in [-0.3, -0.25) is 9.59 Å². The van der Waals surface area contributed by atoms with Crippen molar-refractivity contribution in [2.75, 3.05) is 7.05 Å². The van der Waals surface area contributed by atoms with Crippen LogP contribution in [0.4, 0.5) is 0 Å². The molecule has 2 unspecified atom stereocenters. The van der Waals surface area contributed by atoms with E-state index in [0.717, 1.165) is 11.1 Å². The predicted octanol–water partition coefficient (Wildman–Crippen LogP) is 5.52. The summed E-state index contributed by atoms with van der Waals surface area (Å²) >= 11 is 5.67. The molecule has 1 aromatic rings. The third kappa shape index (κ3) is 7.78. The SMILES string of the molecule is C#CCC1=C(C)[C@@H](OC(=O)C2C(C=C(C)C)C2(C)C)CC1=O.C/C(=N\C#N)N(C)Cc1ccc(Cl)nc1.